The van der Waals surface area contributed by atoms with Crippen molar-refractivity contribution in [1.82, 2.24) is 19.5 Å². The molecule has 0 unspecified atom stereocenters. The number of fused-ring (bicyclic) bond motifs is 1. The molecule has 0 saturated heterocycles. The van der Waals surface area contributed by atoms with Crippen molar-refractivity contribution in [3.05, 3.63) is 51.6 Å². The second-order valence-electron chi connectivity index (χ2n) is 5.21. The highest BCUT2D eigenvalue weighted by molar-refractivity contribution is 5.85. The van der Waals surface area contributed by atoms with Gasteiger partial charge in [0.05, 0.1) is 6.33 Å². The van der Waals surface area contributed by atoms with Gasteiger partial charge >= 0.3 is 0 Å². The quantitative estimate of drug-likeness (QED) is 0.772. The van der Waals surface area contributed by atoms with Gasteiger partial charge in [-0.15, -0.1) is 12.4 Å². The smallest absolute Gasteiger partial charge is 0.280 e. The summed E-state index contributed by atoms with van der Waals surface area (Å²) in [5, 5.41) is 0. The summed E-state index contributed by atoms with van der Waals surface area (Å²) in [5.41, 5.74) is 10.1. The van der Waals surface area contributed by atoms with Gasteiger partial charge < -0.3 is 10.7 Å². The fraction of sp³-hybridized carbons (Fsp3) is 0.267. The predicted octanol–water partition coefficient (Wildman–Crippen LogP) is 1.98. The van der Waals surface area contributed by atoms with Crippen LogP contribution in [0.15, 0.2) is 29.3 Å². The van der Waals surface area contributed by atoms with Gasteiger partial charge in [0.25, 0.3) is 5.56 Å². The van der Waals surface area contributed by atoms with E-state index in [0.29, 0.717) is 17.7 Å². The van der Waals surface area contributed by atoms with Crippen LogP contribution in [0.4, 0.5) is 5.95 Å². The average Bonchev–Trinajstić information content (AvgIpc) is 2.89. The highest BCUT2D eigenvalue weighted by Crippen LogP contribution is 2.12. The molecule has 3 rings (SSSR count). The van der Waals surface area contributed by atoms with Crippen molar-refractivity contribution in [3.8, 4) is 0 Å². The van der Waals surface area contributed by atoms with Crippen LogP contribution in [0.25, 0.3) is 11.2 Å². The molecular formula is C15H18ClN5O. The highest BCUT2D eigenvalue weighted by atomic mass is 35.5. The summed E-state index contributed by atoms with van der Waals surface area (Å²) in [4.78, 5) is 23.3. The number of benzene rings is 1. The molecule has 3 aromatic rings. The Labute approximate surface area is 133 Å². The lowest BCUT2D eigenvalue weighted by Gasteiger charge is -2.10. The first-order valence-corrected chi connectivity index (χ1v) is 6.82. The Balaban J connectivity index is 0.00000176. The van der Waals surface area contributed by atoms with Gasteiger partial charge in [0, 0.05) is 6.54 Å². The van der Waals surface area contributed by atoms with Crippen molar-refractivity contribution in [2.45, 2.75) is 26.8 Å². The monoisotopic (exact) mass is 319 g/mol. The van der Waals surface area contributed by atoms with E-state index in [1.165, 1.54) is 27.6 Å². The number of aryl methyl sites for hydroxylation is 3. The van der Waals surface area contributed by atoms with Gasteiger partial charge in [-0.1, -0.05) is 23.8 Å². The molecule has 0 bridgehead atoms. The SMILES string of the molecule is Cc1ccc(CCn2c(N)nc3nc[nH]c3c2=O)c(C)c1.Cl. The third-order valence-corrected chi connectivity index (χ3v) is 3.68. The first-order chi connectivity index (χ1) is 10.1. The number of imidazole rings is 1. The molecule has 7 heteroatoms. The number of H-pyrrole nitrogens is 1. The molecule has 0 aliphatic carbocycles. The van der Waals surface area contributed by atoms with Gasteiger partial charge in [0.2, 0.25) is 5.95 Å². The lowest BCUT2D eigenvalue weighted by molar-refractivity contribution is 0.671. The number of aromatic nitrogens is 4. The second-order valence-corrected chi connectivity index (χ2v) is 5.21. The van der Waals surface area contributed by atoms with E-state index in [4.69, 9.17) is 5.73 Å². The first kappa shape index (κ1) is 16.0. The molecule has 0 atom stereocenters. The van der Waals surface area contributed by atoms with E-state index in [-0.39, 0.29) is 23.9 Å². The van der Waals surface area contributed by atoms with Crippen LogP contribution in [0.1, 0.15) is 16.7 Å². The van der Waals surface area contributed by atoms with Gasteiger partial charge in [-0.25, -0.2) is 4.98 Å². The van der Waals surface area contributed by atoms with Crippen molar-refractivity contribution >= 4 is 29.5 Å². The Bertz CT molecular complexity index is 868. The third kappa shape index (κ3) is 2.82. The molecule has 0 spiro atoms. The van der Waals surface area contributed by atoms with Crippen molar-refractivity contribution in [1.29, 1.82) is 0 Å². The molecule has 116 valence electrons. The second kappa shape index (κ2) is 6.19. The van der Waals surface area contributed by atoms with E-state index >= 15 is 0 Å². The summed E-state index contributed by atoms with van der Waals surface area (Å²) in [6, 6.07) is 6.30. The first-order valence-electron chi connectivity index (χ1n) is 6.82. The Morgan fingerprint density at radius 2 is 2.09 bits per heavy atom. The number of nitrogens with two attached hydrogens (primary N) is 1. The largest absolute Gasteiger partial charge is 0.369 e. The molecule has 1 aromatic carbocycles. The fourth-order valence-corrected chi connectivity index (χ4v) is 2.51. The molecular weight excluding hydrogens is 302 g/mol. The number of hydrogen-bond acceptors (Lipinski definition) is 4. The number of nitrogen functional groups attached to an aromatic ring is 1. The van der Waals surface area contributed by atoms with E-state index in [9.17, 15) is 4.79 Å². The van der Waals surface area contributed by atoms with Crippen molar-refractivity contribution in [2.75, 3.05) is 5.73 Å². The van der Waals surface area contributed by atoms with E-state index in [1.807, 2.05) is 0 Å². The van der Waals surface area contributed by atoms with Crippen LogP contribution in [-0.2, 0) is 13.0 Å². The lowest BCUT2D eigenvalue weighted by atomic mass is 10.0. The van der Waals surface area contributed by atoms with Crippen LogP contribution < -0.4 is 11.3 Å². The normalized spacial score (nSPS) is 10.6. The van der Waals surface area contributed by atoms with Gasteiger partial charge in [0.1, 0.15) is 0 Å². The zero-order chi connectivity index (χ0) is 15.0. The highest BCUT2D eigenvalue weighted by Gasteiger charge is 2.10. The van der Waals surface area contributed by atoms with Crippen molar-refractivity contribution in [3.63, 3.8) is 0 Å². The Morgan fingerprint density at radius 3 is 2.82 bits per heavy atom. The standard InChI is InChI=1S/C15H17N5O.ClH/c1-9-3-4-11(10(2)7-9)5-6-20-14(21)12-13(18-8-17-12)19-15(20)16;/h3-4,7-8H,5-6H2,1-2H3,(H2,16,19)(H,17,18);1H. The number of rotatable bonds is 3. The summed E-state index contributed by atoms with van der Waals surface area (Å²) < 4.78 is 1.49. The summed E-state index contributed by atoms with van der Waals surface area (Å²) in [5.74, 6) is 0.198. The topological polar surface area (TPSA) is 89.6 Å². The van der Waals surface area contributed by atoms with E-state index < -0.39 is 0 Å². The van der Waals surface area contributed by atoms with Crippen LogP contribution in [-0.4, -0.2) is 19.5 Å². The fourth-order valence-electron chi connectivity index (χ4n) is 2.51. The van der Waals surface area contributed by atoms with E-state index in [0.717, 1.165) is 6.42 Å². The summed E-state index contributed by atoms with van der Waals surface area (Å²) in [6.45, 7) is 4.64. The Hall–Kier alpha value is -2.34. The molecule has 2 aromatic heterocycles. The van der Waals surface area contributed by atoms with E-state index in [1.54, 1.807) is 0 Å². The minimum atomic E-state index is -0.181. The Kier molecular flexibility index (Phi) is 4.51. The molecule has 0 saturated carbocycles. The van der Waals surface area contributed by atoms with Crippen molar-refractivity contribution < 1.29 is 0 Å². The van der Waals surface area contributed by atoms with Crippen LogP contribution in [0.3, 0.4) is 0 Å². The van der Waals surface area contributed by atoms with Gasteiger partial charge in [-0.3, -0.25) is 9.36 Å². The minimum Gasteiger partial charge on any atom is -0.369 e. The molecule has 0 radical (unpaired) electrons. The summed E-state index contributed by atoms with van der Waals surface area (Å²) in [6.07, 6.45) is 2.19. The van der Waals surface area contributed by atoms with Crippen LogP contribution in [0, 0.1) is 13.8 Å². The molecule has 2 heterocycles. The molecule has 0 aliphatic rings. The number of nitrogens with zero attached hydrogens (tertiary/aromatic N) is 3. The molecule has 3 N–H and O–H groups in total. The van der Waals surface area contributed by atoms with E-state index in [2.05, 4.69) is 47.0 Å². The number of nitrogens with one attached hydrogen (secondary N) is 1. The predicted molar refractivity (Wildman–Crippen MR) is 89.4 cm³/mol. The summed E-state index contributed by atoms with van der Waals surface area (Å²) >= 11 is 0. The van der Waals surface area contributed by atoms with Crippen LogP contribution >= 0.6 is 12.4 Å². The molecule has 0 aliphatic heterocycles. The lowest BCUT2D eigenvalue weighted by Crippen LogP contribution is -2.25. The maximum Gasteiger partial charge on any atom is 0.280 e. The van der Waals surface area contributed by atoms with Crippen LogP contribution in [0.2, 0.25) is 0 Å². The molecule has 22 heavy (non-hydrogen) atoms. The zero-order valence-electron chi connectivity index (χ0n) is 12.5. The molecule has 0 amide bonds. The van der Waals surface area contributed by atoms with Gasteiger partial charge in [-0.2, -0.15) is 4.98 Å². The molecule has 6 nitrogen and oxygen atoms in total. The number of aromatic amines is 1. The van der Waals surface area contributed by atoms with Gasteiger partial charge in [-0.05, 0) is 31.4 Å². The van der Waals surface area contributed by atoms with Crippen molar-refractivity contribution in [2.24, 2.45) is 0 Å². The number of hydrogen-bond donors (Lipinski definition) is 2. The number of halogens is 1. The Morgan fingerprint density at radius 1 is 1.32 bits per heavy atom. The van der Waals surface area contributed by atoms with Gasteiger partial charge in [0.15, 0.2) is 11.2 Å². The average molecular weight is 320 g/mol. The zero-order valence-corrected chi connectivity index (χ0v) is 13.3. The van der Waals surface area contributed by atoms with Crippen LogP contribution in [0.5, 0.6) is 0 Å². The minimum absolute atomic E-state index is 0. The third-order valence-electron chi connectivity index (χ3n) is 3.68. The summed E-state index contributed by atoms with van der Waals surface area (Å²) in [7, 11) is 0. The maximum absolute atomic E-state index is 12.3. The number of anilines is 1. The maximum atomic E-state index is 12.3. The molecule has 0 fully saturated rings.